The second-order valence-electron chi connectivity index (χ2n) is 4.93. The highest BCUT2D eigenvalue weighted by molar-refractivity contribution is 7.13. The first-order chi connectivity index (χ1) is 10.2. The van der Waals surface area contributed by atoms with Gasteiger partial charge in [-0.1, -0.05) is 11.3 Å². The van der Waals surface area contributed by atoms with Gasteiger partial charge in [0.15, 0.2) is 5.13 Å². The number of thiazole rings is 1. The molecule has 0 radical (unpaired) electrons. The van der Waals surface area contributed by atoms with Crippen molar-refractivity contribution in [3.8, 4) is 5.19 Å². The molecule has 0 bridgehead atoms. The number of hydrogen-bond donors (Lipinski definition) is 0. The lowest BCUT2D eigenvalue weighted by molar-refractivity contribution is 0.249. The Kier molecular flexibility index (Phi) is 4.67. The first kappa shape index (κ1) is 14.7. The predicted molar refractivity (Wildman–Crippen MR) is 85.4 cm³/mol. The van der Waals surface area contributed by atoms with Crippen LogP contribution >= 0.6 is 22.7 Å². The Hall–Kier alpha value is -1.25. The normalized spacial score (nSPS) is 16.4. The molecule has 21 heavy (non-hydrogen) atoms. The number of piperazine rings is 1. The van der Waals surface area contributed by atoms with Crippen LogP contribution in [0, 0.1) is 6.92 Å². The molecule has 8 heteroatoms. The fourth-order valence-electron chi connectivity index (χ4n) is 2.26. The van der Waals surface area contributed by atoms with Crippen molar-refractivity contribution in [2.24, 2.45) is 0 Å². The Balaban J connectivity index is 1.51. The Labute approximate surface area is 132 Å². The molecule has 2 aromatic rings. The minimum Gasteiger partial charge on any atom is -0.469 e. The highest BCUT2D eigenvalue weighted by Crippen LogP contribution is 2.23. The molecule has 0 N–H and O–H groups in total. The van der Waals surface area contributed by atoms with E-state index >= 15 is 0 Å². The van der Waals surface area contributed by atoms with Crippen molar-refractivity contribution in [2.75, 3.05) is 37.7 Å². The Morgan fingerprint density at radius 2 is 2.05 bits per heavy atom. The molecule has 0 unspecified atom stereocenters. The second-order valence-corrected chi connectivity index (χ2v) is 6.79. The molecule has 3 rings (SSSR count). The largest absolute Gasteiger partial charge is 0.469 e. The number of hydrogen-bond acceptors (Lipinski definition) is 8. The van der Waals surface area contributed by atoms with Crippen molar-refractivity contribution in [2.45, 2.75) is 20.4 Å². The number of nitrogens with zero attached hydrogens (tertiary/aromatic N) is 5. The number of rotatable bonds is 5. The monoisotopic (exact) mass is 325 g/mol. The number of anilines is 1. The van der Waals surface area contributed by atoms with E-state index < -0.39 is 0 Å². The van der Waals surface area contributed by atoms with Crippen LogP contribution in [0.5, 0.6) is 5.19 Å². The Morgan fingerprint density at radius 3 is 2.71 bits per heavy atom. The third kappa shape index (κ3) is 3.69. The van der Waals surface area contributed by atoms with E-state index in [2.05, 4.69) is 30.4 Å². The molecule has 6 nitrogen and oxygen atoms in total. The van der Waals surface area contributed by atoms with Crippen LogP contribution in [0.15, 0.2) is 5.38 Å². The first-order valence-electron chi connectivity index (χ1n) is 7.09. The molecule has 0 aromatic carbocycles. The van der Waals surface area contributed by atoms with Gasteiger partial charge >= 0.3 is 0 Å². The zero-order valence-corrected chi connectivity index (χ0v) is 13.9. The van der Waals surface area contributed by atoms with Gasteiger partial charge in [-0.25, -0.2) is 4.98 Å². The van der Waals surface area contributed by atoms with Gasteiger partial charge in [0.25, 0.3) is 5.19 Å². The zero-order chi connectivity index (χ0) is 14.7. The number of aryl methyl sites for hydroxylation is 1. The average Bonchev–Trinajstić information content (AvgIpc) is 3.10. The average molecular weight is 325 g/mol. The molecule has 114 valence electrons. The van der Waals surface area contributed by atoms with Gasteiger partial charge in [0.1, 0.15) is 5.01 Å². The first-order valence-corrected chi connectivity index (χ1v) is 8.79. The highest BCUT2D eigenvalue weighted by atomic mass is 32.1. The maximum Gasteiger partial charge on any atom is 0.294 e. The molecule has 0 saturated carbocycles. The SMILES string of the molecule is CCOc1nnc(CN2CCN(c3nc(C)cs3)CC2)s1. The van der Waals surface area contributed by atoms with Crippen molar-refractivity contribution in [1.82, 2.24) is 20.1 Å². The van der Waals surface area contributed by atoms with Gasteiger partial charge in [0, 0.05) is 31.6 Å². The van der Waals surface area contributed by atoms with Crippen LogP contribution in [0.2, 0.25) is 0 Å². The maximum absolute atomic E-state index is 5.36. The molecule has 0 amide bonds. The lowest BCUT2D eigenvalue weighted by Crippen LogP contribution is -2.45. The third-order valence-electron chi connectivity index (χ3n) is 3.32. The molecule has 2 aromatic heterocycles. The molecule has 3 heterocycles. The van der Waals surface area contributed by atoms with E-state index in [1.165, 1.54) is 0 Å². The fraction of sp³-hybridized carbons (Fsp3) is 0.615. The summed E-state index contributed by atoms with van der Waals surface area (Å²) in [7, 11) is 0. The van der Waals surface area contributed by atoms with Crippen LogP contribution in [0.4, 0.5) is 5.13 Å². The van der Waals surface area contributed by atoms with Crippen LogP contribution < -0.4 is 9.64 Å². The zero-order valence-electron chi connectivity index (χ0n) is 12.3. The van der Waals surface area contributed by atoms with Crippen LogP contribution in [0.25, 0.3) is 0 Å². The molecule has 1 aliphatic rings. The van der Waals surface area contributed by atoms with E-state index in [0.717, 1.165) is 48.6 Å². The second kappa shape index (κ2) is 6.67. The van der Waals surface area contributed by atoms with E-state index in [0.29, 0.717) is 11.8 Å². The Bertz CT molecular complexity index is 577. The number of ether oxygens (including phenoxy) is 1. The van der Waals surface area contributed by atoms with Gasteiger partial charge in [0.05, 0.1) is 18.8 Å². The van der Waals surface area contributed by atoms with Crippen LogP contribution in [0.1, 0.15) is 17.6 Å². The maximum atomic E-state index is 5.36. The van der Waals surface area contributed by atoms with E-state index in [-0.39, 0.29) is 0 Å². The molecule has 0 aliphatic carbocycles. The summed E-state index contributed by atoms with van der Waals surface area (Å²) < 4.78 is 5.36. The summed E-state index contributed by atoms with van der Waals surface area (Å²) in [6.45, 7) is 9.59. The summed E-state index contributed by atoms with van der Waals surface area (Å²) in [6, 6.07) is 0. The third-order valence-corrected chi connectivity index (χ3v) is 5.16. The molecule has 1 aliphatic heterocycles. The van der Waals surface area contributed by atoms with Crippen molar-refractivity contribution in [3.63, 3.8) is 0 Å². The lowest BCUT2D eigenvalue weighted by Gasteiger charge is -2.33. The minimum absolute atomic E-state index is 0.639. The minimum atomic E-state index is 0.639. The molecule has 0 spiro atoms. The van der Waals surface area contributed by atoms with E-state index in [4.69, 9.17) is 4.74 Å². The van der Waals surface area contributed by atoms with E-state index in [1.54, 1.807) is 22.7 Å². The van der Waals surface area contributed by atoms with Gasteiger partial charge in [-0.05, 0) is 13.8 Å². The van der Waals surface area contributed by atoms with Gasteiger partial charge < -0.3 is 9.64 Å². The van der Waals surface area contributed by atoms with Crippen LogP contribution in [-0.4, -0.2) is 52.9 Å². The van der Waals surface area contributed by atoms with Crippen molar-refractivity contribution >= 4 is 27.8 Å². The van der Waals surface area contributed by atoms with Crippen LogP contribution in [-0.2, 0) is 6.54 Å². The summed E-state index contributed by atoms with van der Waals surface area (Å²) in [5, 5.41) is 13.2. The van der Waals surface area contributed by atoms with E-state index in [1.807, 2.05) is 13.8 Å². The summed E-state index contributed by atoms with van der Waals surface area (Å²) >= 11 is 3.27. The number of aromatic nitrogens is 3. The molecular weight excluding hydrogens is 306 g/mol. The quantitative estimate of drug-likeness (QED) is 0.838. The van der Waals surface area contributed by atoms with Crippen molar-refractivity contribution in [1.29, 1.82) is 0 Å². The van der Waals surface area contributed by atoms with Crippen molar-refractivity contribution in [3.05, 3.63) is 16.1 Å². The van der Waals surface area contributed by atoms with Crippen LogP contribution in [0.3, 0.4) is 0 Å². The molecule has 1 fully saturated rings. The van der Waals surface area contributed by atoms with E-state index in [9.17, 15) is 0 Å². The molecule has 1 saturated heterocycles. The summed E-state index contributed by atoms with van der Waals surface area (Å²) in [6.07, 6.45) is 0. The lowest BCUT2D eigenvalue weighted by atomic mass is 10.3. The molecular formula is C13H19N5OS2. The van der Waals surface area contributed by atoms with Gasteiger partial charge in [-0.2, -0.15) is 0 Å². The summed E-state index contributed by atoms with van der Waals surface area (Å²) in [5.41, 5.74) is 1.11. The van der Waals surface area contributed by atoms with Gasteiger partial charge in [-0.15, -0.1) is 21.5 Å². The predicted octanol–water partition coefficient (Wildman–Crippen LogP) is 2.02. The smallest absolute Gasteiger partial charge is 0.294 e. The topological polar surface area (TPSA) is 54.4 Å². The van der Waals surface area contributed by atoms with Gasteiger partial charge in [0.2, 0.25) is 0 Å². The summed E-state index contributed by atoms with van der Waals surface area (Å²) in [4.78, 5) is 9.33. The fourth-order valence-corrected chi connectivity index (χ4v) is 3.91. The standard InChI is InChI=1S/C13H19N5OS2/c1-3-19-13-16-15-11(21-13)8-17-4-6-18(7-5-17)12-14-10(2)9-20-12/h9H,3-8H2,1-2H3. The Morgan fingerprint density at radius 1 is 1.24 bits per heavy atom. The van der Waals surface area contributed by atoms with Gasteiger partial charge in [-0.3, -0.25) is 4.90 Å². The molecule has 0 atom stereocenters. The van der Waals surface area contributed by atoms with Crippen molar-refractivity contribution < 1.29 is 4.74 Å². The summed E-state index contributed by atoms with van der Waals surface area (Å²) in [5.74, 6) is 0. The highest BCUT2D eigenvalue weighted by Gasteiger charge is 2.20.